The van der Waals surface area contributed by atoms with Gasteiger partial charge in [0, 0.05) is 19.1 Å². The van der Waals surface area contributed by atoms with Crippen molar-refractivity contribution in [3.63, 3.8) is 0 Å². The number of benzene rings is 1. The highest BCUT2D eigenvalue weighted by Crippen LogP contribution is 2.25. The molecule has 28 heavy (non-hydrogen) atoms. The number of nitrogens with one attached hydrogen (secondary N) is 2. The number of hydrogen-bond donors (Lipinski definition) is 2. The van der Waals surface area contributed by atoms with Gasteiger partial charge in [0.25, 0.3) is 5.91 Å². The summed E-state index contributed by atoms with van der Waals surface area (Å²) < 4.78 is 32.1. The Hall–Kier alpha value is -2.46. The molecule has 154 valence electrons. The number of imide groups is 1. The van der Waals surface area contributed by atoms with E-state index in [1.165, 1.54) is 28.6 Å². The molecule has 1 saturated heterocycles. The van der Waals surface area contributed by atoms with Gasteiger partial charge >= 0.3 is 12.0 Å². The maximum Gasteiger partial charge on any atom is 0.338 e. The number of piperidine rings is 1. The quantitative estimate of drug-likeness (QED) is 0.680. The van der Waals surface area contributed by atoms with Crippen LogP contribution in [0.3, 0.4) is 0 Å². The molecule has 0 bridgehead atoms. The van der Waals surface area contributed by atoms with Crippen LogP contribution in [-0.4, -0.2) is 56.4 Å². The van der Waals surface area contributed by atoms with E-state index in [2.05, 4.69) is 5.32 Å². The normalized spacial score (nSPS) is 17.6. The summed E-state index contributed by atoms with van der Waals surface area (Å²) in [6.07, 6.45) is 2.58. The molecule has 1 aliphatic rings. The highest BCUT2D eigenvalue weighted by molar-refractivity contribution is 7.89. The minimum Gasteiger partial charge on any atom is -0.452 e. The Morgan fingerprint density at radius 2 is 2.00 bits per heavy atom. The second kappa shape index (κ2) is 9.65. The van der Waals surface area contributed by atoms with Crippen LogP contribution in [0.5, 0.6) is 0 Å². The molecule has 10 heteroatoms. The van der Waals surface area contributed by atoms with Crippen molar-refractivity contribution in [2.45, 2.75) is 44.0 Å². The highest BCUT2D eigenvalue weighted by atomic mass is 32.2. The first kappa shape index (κ1) is 21.8. The van der Waals surface area contributed by atoms with Crippen molar-refractivity contribution >= 4 is 27.9 Å². The molecule has 1 fully saturated rings. The number of nitrogens with zero attached hydrogens (tertiary/aromatic N) is 1. The number of carbonyl (C=O) groups is 3. The fourth-order valence-corrected chi connectivity index (χ4v) is 4.68. The standard InChI is InChI=1S/C18H25N3O6S/c1-3-19-18(24)20-16(22)12-27-17(23)14-8-6-9-15(11-14)28(25,26)21-10-5-4-7-13(21)2/h6,8-9,11,13H,3-5,7,10,12H2,1-2H3,(H2,19,20,22,24)/t13-/m1/s1. The predicted molar refractivity (Wildman–Crippen MR) is 101 cm³/mol. The van der Waals surface area contributed by atoms with Gasteiger partial charge in [-0.05, 0) is 44.9 Å². The summed E-state index contributed by atoms with van der Waals surface area (Å²) in [5.41, 5.74) is 0.0107. The van der Waals surface area contributed by atoms with E-state index < -0.39 is 34.5 Å². The van der Waals surface area contributed by atoms with Crippen LogP contribution < -0.4 is 10.6 Å². The molecule has 0 radical (unpaired) electrons. The van der Waals surface area contributed by atoms with Crippen LogP contribution in [0, 0.1) is 0 Å². The topological polar surface area (TPSA) is 122 Å². The zero-order chi connectivity index (χ0) is 20.7. The largest absolute Gasteiger partial charge is 0.452 e. The molecule has 2 N–H and O–H groups in total. The summed E-state index contributed by atoms with van der Waals surface area (Å²) >= 11 is 0. The number of urea groups is 1. The molecule has 2 rings (SSSR count). The second-order valence-electron chi connectivity index (χ2n) is 6.47. The second-order valence-corrected chi connectivity index (χ2v) is 8.36. The van der Waals surface area contributed by atoms with Gasteiger partial charge < -0.3 is 10.1 Å². The molecule has 0 saturated carbocycles. The molecule has 0 spiro atoms. The Morgan fingerprint density at radius 1 is 1.25 bits per heavy atom. The van der Waals surface area contributed by atoms with Crippen LogP contribution in [0.2, 0.25) is 0 Å². The van der Waals surface area contributed by atoms with Crippen LogP contribution in [-0.2, 0) is 19.6 Å². The third kappa shape index (κ3) is 5.52. The number of rotatable bonds is 6. The van der Waals surface area contributed by atoms with Crippen molar-refractivity contribution in [1.29, 1.82) is 0 Å². The Bertz CT molecular complexity index is 839. The lowest BCUT2D eigenvalue weighted by Gasteiger charge is -2.32. The van der Waals surface area contributed by atoms with Crippen molar-refractivity contribution in [1.82, 2.24) is 14.9 Å². The van der Waals surface area contributed by atoms with Gasteiger partial charge in [-0.15, -0.1) is 0 Å². The van der Waals surface area contributed by atoms with Crippen LogP contribution >= 0.6 is 0 Å². The summed E-state index contributed by atoms with van der Waals surface area (Å²) in [6, 6.07) is 4.73. The fourth-order valence-electron chi connectivity index (χ4n) is 2.93. The molecule has 0 unspecified atom stereocenters. The van der Waals surface area contributed by atoms with Gasteiger partial charge in [-0.3, -0.25) is 10.1 Å². The van der Waals surface area contributed by atoms with Gasteiger partial charge in [-0.25, -0.2) is 18.0 Å². The van der Waals surface area contributed by atoms with Gasteiger partial charge in [0.15, 0.2) is 6.61 Å². The van der Waals surface area contributed by atoms with Gasteiger partial charge in [0.05, 0.1) is 10.5 Å². The number of sulfonamides is 1. The number of carbonyl (C=O) groups excluding carboxylic acids is 3. The zero-order valence-electron chi connectivity index (χ0n) is 15.9. The molecular weight excluding hydrogens is 386 g/mol. The monoisotopic (exact) mass is 411 g/mol. The summed E-state index contributed by atoms with van der Waals surface area (Å²) in [5.74, 6) is -1.64. The molecule has 0 aliphatic carbocycles. The van der Waals surface area contributed by atoms with Crippen molar-refractivity contribution in [2.75, 3.05) is 19.7 Å². The van der Waals surface area contributed by atoms with Gasteiger partial charge in [0.2, 0.25) is 10.0 Å². The van der Waals surface area contributed by atoms with E-state index in [0.29, 0.717) is 13.1 Å². The van der Waals surface area contributed by atoms with E-state index in [1.807, 2.05) is 12.2 Å². The molecule has 1 aromatic rings. The van der Waals surface area contributed by atoms with E-state index in [-0.39, 0.29) is 16.5 Å². The first-order valence-corrected chi connectivity index (χ1v) is 10.6. The van der Waals surface area contributed by atoms with Crippen molar-refractivity contribution in [3.8, 4) is 0 Å². The molecule has 1 aliphatic heterocycles. The average Bonchev–Trinajstić information content (AvgIpc) is 2.66. The van der Waals surface area contributed by atoms with Crippen LogP contribution in [0.4, 0.5) is 4.79 Å². The first-order chi connectivity index (χ1) is 13.3. The summed E-state index contributed by atoms with van der Waals surface area (Å²) in [6.45, 7) is 3.68. The molecule has 1 aromatic carbocycles. The van der Waals surface area contributed by atoms with Gasteiger partial charge in [-0.1, -0.05) is 12.5 Å². The molecule has 0 aromatic heterocycles. The minimum atomic E-state index is -3.73. The number of esters is 1. The molecule has 1 heterocycles. The Kier molecular flexibility index (Phi) is 7.53. The van der Waals surface area contributed by atoms with Crippen LogP contribution in [0.1, 0.15) is 43.5 Å². The third-order valence-corrected chi connectivity index (χ3v) is 6.35. The maximum atomic E-state index is 12.9. The lowest BCUT2D eigenvalue weighted by Crippen LogP contribution is -2.42. The fraction of sp³-hybridized carbons (Fsp3) is 0.500. The molecule has 9 nitrogen and oxygen atoms in total. The Labute approximate surface area is 164 Å². The van der Waals surface area contributed by atoms with E-state index in [9.17, 15) is 22.8 Å². The predicted octanol–water partition coefficient (Wildman–Crippen LogP) is 1.25. The highest BCUT2D eigenvalue weighted by Gasteiger charge is 2.31. The van der Waals surface area contributed by atoms with Crippen LogP contribution in [0.15, 0.2) is 29.2 Å². The van der Waals surface area contributed by atoms with Gasteiger partial charge in [0.1, 0.15) is 0 Å². The average molecular weight is 411 g/mol. The van der Waals surface area contributed by atoms with E-state index in [1.54, 1.807) is 6.92 Å². The summed E-state index contributed by atoms with van der Waals surface area (Å²) in [5, 5.41) is 4.37. The Morgan fingerprint density at radius 3 is 2.68 bits per heavy atom. The van der Waals surface area contributed by atoms with Gasteiger partial charge in [-0.2, -0.15) is 4.31 Å². The van der Waals surface area contributed by atoms with Crippen molar-refractivity contribution in [3.05, 3.63) is 29.8 Å². The molecular formula is C18H25N3O6S. The lowest BCUT2D eigenvalue weighted by molar-refractivity contribution is -0.123. The summed E-state index contributed by atoms with van der Waals surface area (Å²) in [4.78, 5) is 35.0. The van der Waals surface area contributed by atoms with Crippen molar-refractivity contribution in [2.24, 2.45) is 0 Å². The lowest BCUT2D eigenvalue weighted by atomic mass is 10.1. The van der Waals surface area contributed by atoms with Crippen molar-refractivity contribution < 1.29 is 27.5 Å². The van der Waals surface area contributed by atoms with E-state index >= 15 is 0 Å². The summed E-state index contributed by atoms with van der Waals surface area (Å²) in [7, 11) is -3.73. The van der Waals surface area contributed by atoms with Crippen LogP contribution in [0.25, 0.3) is 0 Å². The number of amides is 3. The SMILES string of the molecule is CCNC(=O)NC(=O)COC(=O)c1cccc(S(=O)(=O)N2CCCC[C@H]2C)c1. The third-order valence-electron chi connectivity index (χ3n) is 4.34. The molecule has 1 atom stereocenters. The minimum absolute atomic E-state index is 0.00229. The zero-order valence-corrected chi connectivity index (χ0v) is 16.8. The maximum absolute atomic E-state index is 12.9. The smallest absolute Gasteiger partial charge is 0.338 e. The molecule has 3 amide bonds. The van der Waals surface area contributed by atoms with E-state index in [0.717, 1.165) is 19.3 Å². The first-order valence-electron chi connectivity index (χ1n) is 9.12. The number of ether oxygens (including phenoxy) is 1. The Balaban J connectivity index is 2.04. The number of hydrogen-bond acceptors (Lipinski definition) is 6. The van der Waals surface area contributed by atoms with E-state index in [4.69, 9.17) is 4.74 Å².